The van der Waals surface area contributed by atoms with Gasteiger partial charge in [0.2, 0.25) is 0 Å². The Morgan fingerprint density at radius 2 is 1.87 bits per heavy atom. The molecule has 0 amide bonds. The van der Waals surface area contributed by atoms with Gasteiger partial charge in [0, 0.05) is 0 Å². The van der Waals surface area contributed by atoms with Gasteiger partial charge in [0.05, 0.1) is 6.10 Å². The molecular formula is C12H18FNO. The average Bonchev–Trinajstić information content (AvgIpc) is 2.18. The van der Waals surface area contributed by atoms with Crippen LogP contribution in [-0.4, -0.2) is 30.6 Å². The fraction of sp³-hybridized carbons (Fsp3) is 0.500. The van der Waals surface area contributed by atoms with Gasteiger partial charge in [0.25, 0.3) is 0 Å². The SMILES string of the molecule is CN(C)CCC[C@@H](O)c1ccc(F)cc1. The number of benzene rings is 1. The summed E-state index contributed by atoms with van der Waals surface area (Å²) < 4.78 is 12.6. The quantitative estimate of drug-likeness (QED) is 0.807. The molecule has 0 aliphatic rings. The van der Waals surface area contributed by atoms with E-state index in [4.69, 9.17) is 0 Å². The van der Waals surface area contributed by atoms with Gasteiger partial charge in [-0.1, -0.05) is 12.1 Å². The molecule has 1 atom stereocenters. The first-order valence-electron chi connectivity index (χ1n) is 5.18. The van der Waals surface area contributed by atoms with E-state index in [1.807, 2.05) is 14.1 Å². The first kappa shape index (κ1) is 12.1. The van der Waals surface area contributed by atoms with Crippen molar-refractivity contribution < 1.29 is 9.50 Å². The summed E-state index contributed by atoms with van der Waals surface area (Å²) >= 11 is 0. The Kier molecular flexibility index (Phi) is 4.72. The Morgan fingerprint density at radius 3 is 2.40 bits per heavy atom. The van der Waals surface area contributed by atoms with Gasteiger partial charge in [-0.25, -0.2) is 4.39 Å². The molecule has 15 heavy (non-hydrogen) atoms. The van der Waals surface area contributed by atoms with E-state index in [9.17, 15) is 9.50 Å². The molecule has 0 aromatic heterocycles. The van der Waals surface area contributed by atoms with Crippen molar-refractivity contribution in [3.05, 3.63) is 35.6 Å². The second-order valence-corrected chi connectivity index (χ2v) is 4.01. The fourth-order valence-electron chi connectivity index (χ4n) is 1.45. The van der Waals surface area contributed by atoms with E-state index < -0.39 is 6.10 Å². The Balaban J connectivity index is 2.40. The maximum Gasteiger partial charge on any atom is 0.123 e. The zero-order chi connectivity index (χ0) is 11.3. The second kappa shape index (κ2) is 5.83. The van der Waals surface area contributed by atoms with Crippen LogP contribution in [-0.2, 0) is 0 Å². The van der Waals surface area contributed by atoms with Crippen molar-refractivity contribution in [2.45, 2.75) is 18.9 Å². The smallest absolute Gasteiger partial charge is 0.123 e. The van der Waals surface area contributed by atoms with E-state index in [0.717, 1.165) is 18.5 Å². The van der Waals surface area contributed by atoms with Gasteiger partial charge < -0.3 is 10.0 Å². The summed E-state index contributed by atoms with van der Waals surface area (Å²) in [4.78, 5) is 2.08. The van der Waals surface area contributed by atoms with Crippen LogP contribution in [0.15, 0.2) is 24.3 Å². The molecule has 0 unspecified atom stereocenters. The largest absolute Gasteiger partial charge is 0.388 e. The summed E-state index contributed by atoms with van der Waals surface area (Å²) in [5, 5.41) is 9.78. The van der Waals surface area contributed by atoms with Crippen molar-refractivity contribution in [2.24, 2.45) is 0 Å². The normalized spacial score (nSPS) is 13.1. The van der Waals surface area contributed by atoms with Crippen molar-refractivity contribution in [3.8, 4) is 0 Å². The first-order valence-corrected chi connectivity index (χ1v) is 5.18. The molecule has 1 rings (SSSR count). The summed E-state index contributed by atoms with van der Waals surface area (Å²) in [6.45, 7) is 0.957. The molecule has 1 aromatic carbocycles. The molecule has 0 heterocycles. The maximum atomic E-state index is 12.6. The average molecular weight is 211 g/mol. The maximum absolute atomic E-state index is 12.6. The van der Waals surface area contributed by atoms with E-state index in [0.29, 0.717) is 6.42 Å². The highest BCUT2D eigenvalue weighted by atomic mass is 19.1. The molecule has 84 valence electrons. The molecule has 0 saturated heterocycles. The number of aliphatic hydroxyl groups excluding tert-OH is 1. The van der Waals surface area contributed by atoms with Crippen LogP contribution >= 0.6 is 0 Å². The third-order valence-corrected chi connectivity index (χ3v) is 2.34. The Bertz CT molecular complexity index is 284. The number of nitrogens with zero attached hydrogens (tertiary/aromatic N) is 1. The van der Waals surface area contributed by atoms with Crippen molar-refractivity contribution in [1.29, 1.82) is 0 Å². The molecule has 0 aliphatic carbocycles. The molecule has 0 aliphatic heterocycles. The monoisotopic (exact) mass is 211 g/mol. The molecule has 0 saturated carbocycles. The minimum absolute atomic E-state index is 0.265. The van der Waals surface area contributed by atoms with Crippen LogP contribution in [0.5, 0.6) is 0 Å². The summed E-state index contributed by atoms with van der Waals surface area (Å²) in [6, 6.07) is 6.03. The van der Waals surface area contributed by atoms with Crippen LogP contribution < -0.4 is 0 Å². The molecule has 0 fully saturated rings. The van der Waals surface area contributed by atoms with Crippen molar-refractivity contribution in [3.63, 3.8) is 0 Å². The summed E-state index contributed by atoms with van der Waals surface area (Å²) in [5.41, 5.74) is 0.787. The molecule has 3 heteroatoms. The predicted octanol–water partition coefficient (Wildman–Crippen LogP) is 2.20. The number of hydrogen-bond acceptors (Lipinski definition) is 2. The van der Waals surface area contributed by atoms with Gasteiger partial charge in [-0.2, -0.15) is 0 Å². The Hall–Kier alpha value is -0.930. The topological polar surface area (TPSA) is 23.5 Å². The van der Waals surface area contributed by atoms with Gasteiger partial charge >= 0.3 is 0 Å². The van der Waals surface area contributed by atoms with Crippen molar-refractivity contribution in [2.75, 3.05) is 20.6 Å². The number of aliphatic hydroxyl groups is 1. The minimum Gasteiger partial charge on any atom is -0.388 e. The summed E-state index contributed by atoms with van der Waals surface area (Å²) in [6.07, 6.45) is 1.17. The zero-order valence-electron chi connectivity index (χ0n) is 9.28. The molecule has 1 N–H and O–H groups in total. The highest BCUT2D eigenvalue weighted by molar-refractivity contribution is 5.18. The molecule has 1 aromatic rings. The van der Waals surface area contributed by atoms with Gasteiger partial charge in [0.1, 0.15) is 5.82 Å². The summed E-state index contributed by atoms with van der Waals surface area (Å²) in [7, 11) is 4.01. The Labute approximate surface area is 90.3 Å². The van der Waals surface area contributed by atoms with Crippen molar-refractivity contribution >= 4 is 0 Å². The van der Waals surface area contributed by atoms with Crippen LogP contribution in [0.1, 0.15) is 24.5 Å². The standard InChI is InChI=1S/C12H18FNO/c1-14(2)9-3-4-12(15)10-5-7-11(13)8-6-10/h5-8,12,15H,3-4,9H2,1-2H3/t12-/m1/s1. The summed E-state index contributed by atoms with van der Waals surface area (Å²) in [5.74, 6) is -0.265. The number of halogens is 1. The van der Waals surface area contributed by atoms with Crippen LogP contribution in [0.3, 0.4) is 0 Å². The molecule has 2 nitrogen and oxygen atoms in total. The number of rotatable bonds is 5. The number of hydrogen-bond donors (Lipinski definition) is 1. The third-order valence-electron chi connectivity index (χ3n) is 2.34. The lowest BCUT2D eigenvalue weighted by atomic mass is 10.0. The lowest BCUT2D eigenvalue weighted by Gasteiger charge is -2.13. The van der Waals surface area contributed by atoms with Crippen LogP contribution in [0, 0.1) is 5.82 Å². The molecule has 0 radical (unpaired) electrons. The predicted molar refractivity (Wildman–Crippen MR) is 59.1 cm³/mol. The zero-order valence-corrected chi connectivity index (χ0v) is 9.28. The van der Waals surface area contributed by atoms with Crippen molar-refractivity contribution in [1.82, 2.24) is 4.90 Å². The molecule has 0 bridgehead atoms. The van der Waals surface area contributed by atoms with Crippen LogP contribution in [0.25, 0.3) is 0 Å². The van der Waals surface area contributed by atoms with E-state index >= 15 is 0 Å². The van der Waals surface area contributed by atoms with Crippen LogP contribution in [0.2, 0.25) is 0 Å². The molecule has 0 spiro atoms. The van der Waals surface area contributed by atoms with Gasteiger partial charge in [-0.3, -0.25) is 0 Å². The first-order chi connectivity index (χ1) is 7.09. The fourth-order valence-corrected chi connectivity index (χ4v) is 1.45. The van der Waals surface area contributed by atoms with E-state index in [1.54, 1.807) is 12.1 Å². The lowest BCUT2D eigenvalue weighted by molar-refractivity contribution is 0.160. The van der Waals surface area contributed by atoms with E-state index in [1.165, 1.54) is 12.1 Å². The third kappa shape index (κ3) is 4.40. The Morgan fingerprint density at radius 1 is 1.27 bits per heavy atom. The lowest BCUT2D eigenvalue weighted by Crippen LogP contribution is -2.13. The van der Waals surface area contributed by atoms with Gasteiger partial charge in [0.15, 0.2) is 0 Å². The second-order valence-electron chi connectivity index (χ2n) is 4.01. The highest BCUT2D eigenvalue weighted by Gasteiger charge is 2.07. The van der Waals surface area contributed by atoms with E-state index in [-0.39, 0.29) is 5.82 Å². The van der Waals surface area contributed by atoms with E-state index in [2.05, 4.69) is 4.90 Å². The highest BCUT2D eigenvalue weighted by Crippen LogP contribution is 2.18. The van der Waals surface area contributed by atoms with Gasteiger partial charge in [-0.15, -0.1) is 0 Å². The van der Waals surface area contributed by atoms with Crippen LogP contribution in [0.4, 0.5) is 4.39 Å². The van der Waals surface area contributed by atoms with Gasteiger partial charge in [-0.05, 0) is 51.2 Å². The minimum atomic E-state index is -0.481. The molecular weight excluding hydrogens is 193 g/mol.